The van der Waals surface area contributed by atoms with Crippen LogP contribution in [0.25, 0.3) is 0 Å². The first-order valence-electron chi connectivity index (χ1n) is 6.51. The minimum absolute atomic E-state index is 0.201. The number of carboxylic acids is 1. The number of rotatable bonds is 4. The molecular weight excluding hydrogens is 345 g/mol. The van der Waals surface area contributed by atoms with Crippen molar-refractivity contribution in [3.63, 3.8) is 0 Å². The number of halogens is 2. The maximum atomic E-state index is 13.0. The number of hydrogen-bond donors (Lipinski definition) is 1. The van der Waals surface area contributed by atoms with Gasteiger partial charge in [0.05, 0.1) is 10.4 Å². The summed E-state index contributed by atoms with van der Waals surface area (Å²) in [5, 5.41) is 8.94. The molecule has 1 N–H and O–H groups in total. The van der Waals surface area contributed by atoms with Crippen molar-refractivity contribution in [1.29, 1.82) is 0 Å². The van der Waals surface area contributed by atoms with E-state index in [4.69, 9.17) is 9.84 Å². The summed E-state index contributed by atoms with van der Waals surface area (Å²) in [7, 11) is 0. The van der Waals surface area contributed by atoms with Crippen molar-refractivity contribution in [2.24, 2.45) is 5.92 Å². The van der Waals surface area contributed by atoms with Gasteiger partial charge in [0.2, 0.25) is 0 Å². The van der Waals surface area contributed by atoms with E-state index in [0.717, 1.165) is 0 Å². The summed E-state index contributed by atoms with van der Waals surface area (Å²) < 4.78 is 18.9. The molecule has 21 heavy (non-hydrogen) atoms. The predicted molar refractivity (Wildman–Crippen MR) is 76.5 cm³/mol. The molecule has 0 unspecified atom stereocenters. The molecule has 0 saturated carbocycles. The predicted octanol–water partition coefficient (Wildman–Crippen LogP) is 2.29. The summed E-state index contributed by atoms with van der Waals surface area (Å²) >= 11 is 3.17. The van der Waals surface area contributed by atoms with Gasteiger partial charge in [0.15, 0.2) is 6.10 Å². The molecule has 0 aliphatic carbocycles. The summed E-state index contributed by atoms with van der Waals surface area (Å²) in [5.41, 5.74) is 0. The number of benzene rings is 1. The van der Waals surface area contributed by atoms with Gasteiger partial charge in [-0.2, -0.15) is 0 Å². The van der Waals surface area contributed by atoms with Gasteiger partial charge in [-0.1, -0.05) is 0 Å². The van der Waals surface area contributed by atoms with Crippen LogP contribution >= 0.6 is 15.9 Å². The molecule has 2 rings (SSSR count). The van der Waals surface area contributed by atoms with Crippen molar-refractivity contribution < 1.29 is 23.8 Å². The zero-order valence-electron chi connectivity index (χ0n) is 11.4. The Morgan fingerprint density at radius 1 is 1.52 bits per heavy atom. The molecule has 1 aromatic rings. The topological polar surface area (TPSA) is 66.8 Å². The van der Waals surface area contributed by atoms with E-state index in [1.807, 2.05) is 0 Å². The van der Waals surface area contributed by atoms with E-state index in [9.17, 15) is 14.0 Å². The second-order valence-corrected chi connectivity index (χ2v) is 5.80. The van der Waals surface area contributed by atoms with Gasteiger partial charge >= 0.3 is 5.97 Å². The Hall–Kier alpha value is -1.63. The lowest BCUT2D eigenvalue weighted by atomic mass is 10.1. The second kappa shape index (κ2) is 6.43. The molecule has 1 fully saturated rings. The number of nitrogens with zero attached hydrogens (tertiary/aromatic N) is 1. The lowest BCUT2D eigenvalue weighted by Crippen LogP contribution is -2.39. The Labute approximate surface area is 129 Å². The number of ether oxygens (including phenoxy) is 1. The zero-order valence-corrected chi connectivity index (χ0v) is 13.0. The molecule has 0 radical (unpaired) electrons. The molecule has 1 heterocycles. The van der Waals surface area contributed by atoms with Crippen molar-refractivity contribution in [3.05, 3.63) is 28.5 Å². The Morgan fingerprint density at radius 2 is 2.24 bits per heavy atom. The highest BCUT2D eigenvalue weighted by Crippen LogP contribution is 2.27. The van der Waals surface area contributed by atoms with Gasteiger partial charge in [-0.05, 0) is 47.5 Å². The van der Waals surface area contributed by atoms with E-state index >= 15 is 0 Å². The van der Waals surface area contributed by atoms with E-state index in [1.165, 1.54) is 23.1 Å². The fourth-order valence-corrected chi connectivity index (χ4v) is 2.68. The van der Waals surface area contributed by atoms with Crippen molar-refractivity contribution in [1.82, 2.24) is 4.90 Å². The maximum absolute atomic E-state index is 13.0. The first-order valence-corrected chi connectivity index (χ1v) is 7.31. The number of hydrogen-bond acceptors (Lipinski definition) is 3. The summed E-state index contributed by atoms with van der Waals surface area (Å²) in [6.07, 6.45) is -0.312. The Bertz CT molecular complexity index is 566. The first-order chi connectivity index (χ1) is 9.88. The summed E-state index contributed by atoms with van der Waals surface area (Å²) in [6, 6.07) is 3.93. The highest BCUT2D eigenvalue weighted by atomic mass is 79.9. The number of likely N-dealkylation sites (tertiary alicyclic amines) is 1. The van der Waals surface area contributed by atoms with Crippen LogP contribution < -0.4 is 4.74 Å². The smallest absolute Gasteiger partial charge is 0.308 e. The van der Waals surface area contributed by atoms with E-state index in [-0.39, 0.29) is 12.5 Å². The van der Waals surface area contributed by atoms with Crippen LogP contribution in [0.4, 0.5) is 4.39 Å². The average Bonchev–Trinajstić information content (AvgIpc) is 2.90. The Kier molecular flexibility index (Phi) is 4.82. The summed E-state index contributed by atoms with van der Waals surface area (Å²) in [6.45, 7) is 2.20. The summed E-state index contributed by atoms with van der Waals surface area (Å²) in [4.78, 5) is 24.6. The molecule has 1 aliphatic heterocycles. The number of amides is 1. The van der Waals surface area contributed by atoms with Gasteiger partial charge in [-0.3, -0.25) is 9.59 Å². The van der Waals surface area contributed by atoms with Crippen LogP contribution in [0.5, 0.6) is 5.75 Å². The Morgan fingerprint density at radius 3 is 2.81 bits per heavy atom. The molecular formula is C14H15BrFNO4. The quantitative estimate of drug-likeness (QED) is 0.895. The third kappa shape index (κ3) is 3.72. The number of carboxylic acid groups (broad SMARTS) is 1. The number of aliphatic carboxylic acids is 1. The molecule has 7 heteroatoms. The van der Waals surface area contributed by atoms with E-state index in [1.54, 1.807) is 6.92 Å². The monoisotopic (exact) mass is 359 g/mol. The highest BCUT2D eigenvalue weighted by Gasteiger charge is 2.33. The molecule has 1 aliphatic rings. The average molecular weight is 360 g/mol. The molecule has 0 aromatic heterocycles. The van der Waals surface area contributed by atoms with Gasteiger partial charge in [-0.25, -0.2) is 4.39 Å². The number of carbonyl (C=O) groups is 2. The number of carbonyl (C=O) groups excluding carboxylic acids is 1. The maximum Gasteiger partial charge on any atom is 0.308 e. The molecule has 0 bridgehead atoms. The lowest BCUT2D eigenvalue weighted by molar-refractivity contribution is -0.142. The van der Waals surface area contributed by atoms with Gasteiger partial charge < -0.3 is 14.7 Å². The van der Waals surface area contributed by atoms with Gasteiger partial charge in [0.25, 0.3) is 5.91 Å². The minimum Gasteiger partial charge on any atom is -0.481 e. The van der Waals surface area contributed by atoms with Crippen LogP contribution in [0.3, 0.4) is 0 Å². The minimum atomic E-state index is -0.889. The largest absolute Gasteiger partial charge is 0.481 e. The first kappa shape index (κ1) is 15.8. The van der Waals surface area contributed by atoms with Gasteiger partial charge in [0.1, 0.15) is 11.6 Å². The lowest BCUT2D eigenvalue weighted by Gasteiger charge is -2.22. The van der Waals surface area contributed by atoms with Crippen LogP contribution in [-0.4, -0.2) is 41.1 Å². The molecule has 5 nitrogen and oxygen atoms in total. The van der Waals surface area contributed by atoms with Crippen molar-refractivity contribution >= 4 is 27.8 Å². The van der Waals surface area contributed by atoms with Crippen LogP contribution in [0, 0.1) is 11.7 Å². The van der Waals surface area contributed by atoms with E-state index in [0.29, 0.717) is 23.2 Å². The SMILES string of the molecule is C[C@H](Oc1ccc(F)cc1Br)C(=O)N1CC[C@@H](C(=O)O)C1. The second-order valence-electron chi connectivity index (χ2n) is 4.94. The van der Waals surface area contributed by atoms with Crippen LogP contribution in [0.1, 0.15) is 13.3 Å². The Balaban J connectivity index is 1.98. The highest BCUT2D eigenvalue weighted by molar-refractivity contribution is 9.10. The molecule has 1 saturated heterocycles. The van der Waals surface area contributed by atoms with Crippen molar-refractivity contribution in [2.45, 2.75) is 19.4 Å². The third-order valence-electron chi connectivity index (χ3n) is 3.39. The van der Waals surface area contributed by atoms with Crippen LogP contribution in [0.2, 0.25) is 0 Å². The van der Waals surface area contributed by atoms with Crippen molar-refractivity contribution in [3.8, 4) is 5.75 Å². The van der Waals surface area contributed by atoms with E-state index < -0.39 is 23.8 Å². The normalized spacial score (nSPS) is 19.4. The van der Waals surface area contributed by atoms with Crippen LogP contribution in [0.15, 0.2) is 22.7 Å². The fraction of sp³-hybridized carbons (Fsp3) is 0.429. The van der Waals surface area contributed by atoms with Gasteiger partial charge in [0, 0.05) is 13.1 Å². The van der Waals surface area contributed by atoms with Crippen molar-refractivity contribution in [2.75, 3.05) is 13.1 Å². The zero-order chi connectivity index (χ0) is 15.6. The molecule has 2 atom stereocenters. The van der Waals surface area contributed by atoms with Crippen LogP contribution in [-0.2, 0) is 9.59 Å². The molecule has 114 valence electrons. The summed E-state index contributed by atoms with van der Waals surface area (Å²) in [5.74, 6) is -1.71. The van der Waals surface area contributed by atoms with E-state index in [2.05, 4.69) is 15.9 Å². The molecule has 1 aromatic carbocycles. The standard InChI is InChI=1S/C14H15BrFNO4/c1-8(21-12-3-2-10(16)6-11(12)15)13(18)17-5-4-9(7-17)14(19)20/h2-3,6,8-9H,4-5,7H2,1H3,(H,19,20)/t8-,9+/m0/s1. The molecule has 0 spiro atoms. The fourth-order valence-electron chi connectivity index (χ4n) is 2.23. The molecule has 1 amide bonds. The van der Waals surface area contributed by atoms with Gasteiger partial charge in [-0.15, -0.1) is 0 Å². The third-order valence-corrected chi connectivity index (χ3v) is 4.01.